The van der Waals surface area contributed by atoms with Gasteiger partial charge in [-0.25, -0.2) is 4.39 Å². The number of amides is 1. The summed E-state index contributed by atoms with van der Waals surface area (Å²) >= 11 is 6.35. The van der Waals surface area contributed by atoms with Gasteiger partial charge in [0.15, 0.2) is 0 Å². The van der Waals surface area contributed by atoms with E-state index in [2.05, 4.69) is 52.6 Å². The van der Waals surface area contributed by atoms with E-state index in [1.165, 1.54) is 17.0 Å². The quantitative estimate of drug-likeness (QED) is 0.416. The predicted octanol–water partition coefficient (Wildman–Crippen LogP) is 5.67. The highest BCUT2D eigenvalue weighted by Crippen LogP contribution is 2.36. The minimum Gasteiger partial charge on any atom is -0.341 e. The fraction of sp³-hybridized carbons (Fsp3) is 0.500. The molecule has 5 nitrogen and oxygen atoms in total. The van der Waals surface area contributed by atoms with E-state index >= 15 is 0 Å². The molecule has 0 atom stereocenters. The molecule has 198 valence electrons. The van der Waals surface area contributed by atoms with Gasteiger partial charge in [-0.1, -0.05) is 35.9 Å². The van der Waals surface area contributed by atoms with Crippen molar-refractivity contribution in [1.82, 2.24) is 19.3 Å². The number of likely N-dealkylation sites (N-methyl/N-ethyl adjacent to an activating group) is 1. The van der Waals surface area contributed by atoms with Gasteiger partial charge in [0.2, 0.25) is 5.91 Å². The van der Waals surface area contributed by atoms with E-state index < -0.39 is 0 Å². The summed E-state index contributed by atoms with van der Waals surface area (Å²) in [5.41, 5.74) is 4.23. The van der Waals surface area contributed by atoms with Gasteiger partial charge in [0.25, 0.3) is 0 Å². The van der Waals surface area contributed by atoms with E-state index in [1.807, 2.05) is 11.9 Å². The van der Waals surface area contributed by atoms with Gasteiger partial charge in [-0.3, -0.25) is 9.69 Å². The van der Waals surface area contributed by atoms with E-state index in [9.17, 15) is 9.18 Å². The van der Waals surface area contributed by atoms with Crippen LogP contribution in [0.3, 0.4) is 0 Å². The number of likely N-dealkylation sites (tertiary alicyclic amines) is 2. The van der Waals surface area contributed by atoms with Crippen molar-refractivity contribution in [2.75, 3.05) is 40.3 Å². The Kier molecular flexibility index (Phi) is 7.89. The number of hydrogen-bond donors (Lipinski definition) is 0. The number of carbonyl (C=O) groups excluding carboxylic acids is 1. The van der Waals surface area contributed by atoms with Crippen LogP contribution < -0.4 is 0 Å². The fourth-order valence-corrected chi connectivity index (χ4v) is 6.56. The van der Waals surface area contributed by atoms with Crippen molar-refractivity contribution >= 4 is 28.4 Å². The molecule has 3 aromatic rings. The molecule has 0 unspecified atom stereocenters. The standard InChI is InChI=1S/C30H38ClFN4O/c1-21-25(19-35-17-11-22(12-18-35)30-26(31)8-6-9-27(30)32)24-7-4-5-10-28(24)36(21)20-29(37)34(3)23-13-15-33(2)16-14-23/h4-10,22-23H,11-20H2,1-3H3. The number of halogens is 2. The maximum absolute atomic E-state index is 14.5. The van der Waals surface area contributed by atoms with E-state index in [0.717, 1.165) is 69.6 Å². The van der Waals surface area contributed by atoms with Crippen molar-refractivity contribution < 1.29 is 9.18 Å². The smallest absolute Gasteiger partial charge is 0.242 e. The molecular formula is C30H38ClFN4O. The molecule has 37 heavy (non-hydrogen) atoms. The fourth-order valence-electron chi connectivity index (χ4n) is 6.24. The highest BCUT2D eigenvalue weighted by atomic mass is 35.5. The van der Waals surface area contributed by atoms with Crippen molar-refractivity contribution in [2.24, 2.45) is 0 Å². The molecular weight excluding hydrogens is 487 g/mol. The van der Waals surface area contributed by atoms with Gasteiger partial charge in [-0.2, -0.15) is 0 Å². The number of rotatable bonds is 6. The van der Waals surface area contributed by atoms with Crippen LogP contribution in [0, 0.1) is 12.7 Å². The number of para-hydroxylation sites is 1. The summed E-state index contributed by atoms with van der Waals surface area (Å²) in [6.45, 7) is 7.21. The SMILES string of the molecule is Cc1c(CN2CCC(c3c(F)cccc3Cl)CC2)c2ccccc2n1CC(=O)N(C)C1CCN(C)CC1. The van der Waals surface area contributed by atoms with Crippen molar-refractivity contribution in [1.29, 1.82) is 0 Å². The summed E-state index contributed by atoms with van der Waals surface area (Å²) in [6.07, 6.45) is 3.84. The van der Waals surface area contributed by atoms with Crippen molar-refractivity contribution in [3.8, 4) is 0 Å². The molecule has 7 heteroatoms. The molecule has 0 spiro atoms. The van der Waals surface area contributed by atoms with Crippen LogP contribution in [0.2, 0.25) is 5.02 Å². The number of aromatic nitrogens is 1. The maximum atomic E-state index is 14.5. The van der Waals surface area contributed by atoms with Crippen LogP contribution in [0.1, 0.15) is 48.4 Å². The lowest BCUT2D eigenvalue weighted by molar-refractivity contribution is -0.133. The summed E-state index contributed by atoms with van der Waals surface area (Å²) in [5, 5.41) is 1.75. The Morgan fingerprint density at radius 2 is 1.73 bits per heavy atom. The van der Waals surface area contributed by atoms with Crippen LogP contribution in [0.5, 0.6) is 0 Å². The van der Waals surface area contributed by atoms with E-state index in [4.69, 9.17) is 11.6 Å². The summed E-state index contributed by atoms with van der Waals surface area (Å²) < 4.78 is 16.7. The van der Waals surface area contributed by atoms with Crippen LogP contribution in [-0.2, 0) is 17.9 Å². The zero-order valence-electron chi connectivity index (χ0n) is 22.2. The zero-order valence-corrected chi connectivity index (χ0v) is 23.0. The summed E-state index contributed by atoms with van der Waals surface area (Å²) in [6, 6.07) is 13.7. The molecule has 2 aliphatic rings. The summed E-state index contributed by atoms with van der Waals surface area (Å²) in [4.78, 5) is 20.1. The first-order chi connectivity index (χ1) is 17.8. The average molecular weight is 525 g/mol. The number of piperidine rings is 2. The second-order valence-corrected chi connectivity index (χ2v) is 11.3. The summed E-state index contributed by atoms with van der Waals surface area (Å²) in [5.74, 6) is 0.132. The Morgan fingerprint density at radius 1 is 1.03 bits per heavy atom. The third-order valence-corrected chi connectivity index (χ3v) is 8.99. The molecule has 2 fully saturated rings. The molecule has 0 radical (unpaired) electrons. The van der Waals surface area contributed by atoms with Gasteiger partial charge in [0.1, 0.15) is 12.4 Å². The average Bonchev–Trinajstić information content (AvgIpc) is 3.15. The first-order valence-corrected chi connectivity index (χ1v) is 13.9. The topological polar surface area (TPSA) is 31.7 Å². The number of hydrogen-bond acceptors (Lipinski definition) is 3. The third-order valence-electron chi connectivity index (χ3n) is 8.66. The minimum absolute atomic E-state index is 0.153. The molecule has 0 N–H and O–H groups in total. The van der Waals surface area contributed by atoms with Crippen LogP contribution in [0.15, 0.2) is 42.5 Å². The van der Waals surface area contributed by atoms with Crippen LogP contribution in [0.4, 0.5) is 4.39 Å². The maximum Gasteiger partial charge on any atom is 0.242 e. The van der Waals surface area contributed by atoms with Gasteiger partial charge in [-0.05, 0) is 95.5 Å². The largest absolute Gasteiger partial charge is 0.341 e. The van der Waals surface area contributed by atoms with Crippen LogP contribution >= 0.6 is 11.6 Å². The van der Waals surface area contributed by atoms with E-state index in [-0.39, 0.29) is 17.6 Å². The molecule has 0 bridgehead atoms. The number of fused-ring (bicyclic) bond motifs is 1. The molecule has 3 heterocycles. The van der Waals surface area contributed by atoms with Crippen molar-refractivity contribution in [2.45, 2.75) is 57.7 Å². The second kappa shape index (κ2) is 11.1. The lowest BCUT2D eigenvalue weighted by Crippen LogP contribution is -2.45. The van der Waals surface area contributed by atoms with Crippen molar-refractivity contribution in [3.63, 3.8) is 0 Å². The Hall–Kier alpha value is -2.41. The highest BCUT2D eigenvalue weighted by molar-refractivity contribution is 6.31. The monoisotopic (exact) mass is 524 g/mol. The van der Waals surface area contributed by atoms with E-state index in [0.29, 0.717) is 23.2 Å². The predicted molar refractivity (Wildman–Crippen MR) is 149 cm³/mol. The third kappa shape index (κ3) is 5.43. The molecule has 0 aliphatic carbocycles. The lowest BCUT2D eigenvalue weighted by atomic mass is 9.89. The number of benzene rings is 2. The Balaban J connectivity index is 1.30. The van der Waals surface area contributed by atoms with Gasteiger partial charge in [0, 0.05) is 46.8 Å². The Labute approximate surface area is 224 Å². The normalized spacial score (nSPS) is 18.5. The van der Waals surface area contributed by atoms with Crippen LogP contribution in [-0.4, -0.2) is 71.5 Å². The molecule has 1 amide bonds. The summed E-state index contributed by atoms with van der Waals surface area (Å²) in [7, 11) is 4.11. The first kappa shape index (κ1) is 26.2. The molecule has 1 aromatic heterocycles. The first-order valence-electron chi connectivity index (χ1n) is 13.5. The molecule has 5 rings (SSSR count). The highest BCUT2D eigenvalue weighted by Gasteiger charge is 2.28. The number of carbonyl (C=O) groups is 1. The molecule has 2 aliphatic heterocycles. The molecule has 0 saturated carbocycles. The Morgan fingerprint density at radius 3 is 2.43 bits per heavy atom. The molecule has 2 aromatic carbocycles. The van der Waals surface area contributed by atoms with Gasteiger partial charge in [0.05, 0.1) is 0 Å². The number of nitrogens with zero attached hydrogens (tertiary/aromatic N) is 4. The second-order valence-electron chi connectivity index (χ2n) is 10.9. The zero-order chi connectivity index (χ0) is 26.1. The van der Waals surface area contributed by atoms with Crippen LogP contribution in [0.25, 0.3) is 10.9 Å². The lowest BCUT2D eigenvalue weighted by Gasteiger charge is -2.35. The van der Waals surface area contributed by atoms with Gasteiger partial charge in [-0.15, -0.1) is 0 Å². The van der Waals surface area contributed by atoms with Gasteiger partial charge < -0.3 is 14.4 Å². The van der Waals surface area contributed by atoms with E-state index in [1.54, 1.807) is 12.1 Å². The van der Waals surface area contributed by atoms with Crippen molar-refractivity contribution in [3.05, 3.63) is 70.1 Å². The molecule has 2 saturated heterocycles. The van der Waals surface area contributed by atoms with Gasteiger partial charge >= 0.3 is 0 Å². The Bertz CT molecular complexity index is 1240. The minimum atomic E-state index is -0.195.